The lowest BCUT2D eigenvalue weighted by Crippen LogP contribution is -2.50. The van der Waals surface area contributed by atoms with E-state index in [1.165, 1.54) is 17.7 Å². The average molecular weight is 380 g/mol. The van der Waals surface area contributed by atoms with E-state index in [9.17, 15) is 4.79 Å². The van der Waals surface area contributed by atoms with E-state index in [1.54, 1.807) is 11.3 Å². The molecule has 3 heterocycles. The van der Waals surface area contributed by atoms with Gasteiger partial charge in [0.2, 0.25) is 5.91 Å². The predicted molar refractivity (Wildman–Crippen MR) is 101 cm³/mol. The Morgan fingerprint density at radius 2 is 2.09 bits per heavy atom. The van der Waals surface area contributed by atoms with Crippen LogP contribution in [0.2, 0.25) is 0 Å². The normalized spacial score (nSPS) is 20.7. The van der Waals surface area contributed by atoms with Gasteiger partial charge in [-0.25, -0.2) is 0 Å². The highest BCUT2D eigenvalue weighted by molar-refractivity contribution is 7.10. The molecule has 2 unspecified atom stereocenters. The molecule has 0 saturated carbocycles. The minimum atomic E-state index is 0. The Bertz CT molecular complexity index is 462. The van der Waals surface area contributed by atoms with E-state index in [-0.39, 0.29) is 36.6 Å². The Morgan fingerprint density at radius 1 is 1.39 bits per heavy atom. The molecular formula is C16H27Cl2N3OS. The second-order valence-corrected chi connectivity index (χ2v) is 7.21. The quantitative estimate of drug-likeness (QED) is 0.798. The van der Waals surface area contributed by atoms with Crippen LogP contribution < -0.4 is 10.6 Å². The summed E-state index contributed by atoms with van der Waals surface area (Å²) in [5, 5.41) is 8.57. The zero-order valence-corrected chi connectivity index (χ0v) is 15.9. The zero-order chi connectivity index (χ0) is 14.7. The van der Waals surface area contributed by atoms with Crippen molar-refractivity contribution in [2.45, 2.75) is 25.8 Å². The third kappa shape index (κ3) is 5.07. The minimum Gasteiger partial charge on any atom is -0.354 e. The van der Waals surface area contributed by atoms with Crippen molar-refractivity contribution in [2.24, 2.45) is 11.8 Å². The molecule has 1 amide bonds. The van der Waals surface area contributed by atoms with Crippen LogP contribution in [0.15, 0.2) is 17.5 Å². The molecule has 2 atom stereocenters. The van der Waals surface area contributed by atoms with Crippen molar-refractivity contribution < 1.29 is 4.79 Å². The summed E-state index contributed by atoms with van der Waals surface area (Å²) in [7, 11) is 0. The van der Waals surface area contributed by atoms with Gasteiger partial charge in [0.05, 0.1) is 6.04 Å². The number of rotatable bonds is 6. The smallest absolute Gasteiger partial charge is 0.223 e. The Labute approximate surface area is 155 Å². The van der Waals surface area contributed by atoms with Crippen molar-refractivity contribution in [3.63, 3.8) is 0 Å². The number of hydrogen-bond acceptors (Lipinski definition) is 4. The van der Waals surface area contributed by atoms with Crippen LogP contribution in [0.5, 0.6) is 0 Å². The molecule has 2 aliphatic rings. The number of thiophene rings is 1. The van der Waals surface area contributed by atoms with Crippen molar-refractivity contribution in [1.29, 1.82) is 0 Å². The first kappa shape index (κ1) is 20.7. The number of halogens is 2. The molecule has 1 aromatic rings. The standard InChI is InChI=1S/C16H25N3OS.2ClH/c1-12(13-9-17-10-13)16(20)18-11-14(15-5-4-8-21-15)19-6-2-3-7-19;;/h4-5,8,12-14,17H,2-3,6-7,9-11H2,1H3,(H,18,20);2*1H. The Kier molecular flexibility index (Phi) is 8.86. The van der Waals surface area contributed by atoms with Crippen molar-refractivity contribution in [2.75, 3.05) is 32.7 Å². The number of nitrogens with one attached hydrogen (secondary N) is 2. The van der Waals surface area contributed by atoms with Crippen LogP contribution in [0, 0.1) is 11.8 Å². The van der Waals surface area contributed by atoms with Gasteiger partial charge in [-0.2, -0.15) is 0 Å². The maximum atomic E-state index is 12.3. The van der Waals surface area contributed by atoms with Gasteiger partial charge in [0.1, 0.15) is 0 Å². The van der Waals surface area contributed by atoms with Crippen LogP contribution in [-0.2, 0) is 4.79 Å². The molecule has 2 aliphatic heterocycles. The van der Waals surface area contributed by atoms with Crippen LogP contribution in [-0.4, -0.2) is 43.5 Å². The molecular weight excluding hydrogens is 353 g/mol. The van der Waals surface area contributed by atoms with Gasteiger partial charge in [0, 0.05) is 17.3 Å². The van der Waals surface area contributed by atoms with Gasteiger partial charge < -0.3 is 10.6 Å². The number of carbonyl (C=O) groups excluding carboxylic acids is 1. The zero-order valence-electron chi connectivity index (χ0n) is 13.5. The Hall–Kier alpha value is -0.330. The van der Waals surface area contributed by atoms with Crippen LogP contribution in [0.3, 0.4) is 0 Å². The summed E-state index contributed by atoms with van der Waals surface area (Å²) in [6.45, 7) is 7.06. The first-order valence-corrected chi connectivity index (χ1v) is 8.89. The van der Waals surface area contributed by atoms with Gasteiger partial charge in [0.25, 0.3) is 0 Å². The van der Waals surface area contributed by atoms with Crippen LogP contribution in [0.4, 0.5) is 0 Å². The van der Waals surface area contributed by atoms with E-state index < -0.39 is 0 Å². The van der Waals surface area contributed by atoms with Gasteiger partial charge in [-0.15, -0.1) is 36.2 Å². The number of carbonyl (C=O) groups is 1. The van der Waals surface area contributed by atoms with Gasteiger partial charge in [0.15, 0.2) is 0 Å². The second-order valence-electron chi connectivity index (χ2n) is 6.23. The van der Waals surface area contributed by atoms with E-state index in [0.717, 1.165) is 32.7 Å². The lowest BCUT2D eigenvalue weighted by atomic mass is 9.88. The highest BCUT2D eigenvalue weighted by Gasteiger charge is 2.30. The van der Waals surface area contributed by atoms with Crippen molar-refractivity contribution in [3.8, 4) is 0 Å². The third-order valence-corrected chi connectivity index (χ3v) is 5.83. The Morgan fingerprint density at radius 3 is 2.61 bits per heavy atom. The molecule has 3 rings (SSSR count). The first-order chi connectivity index (χ1) is 10.3. The van der Waals surface area contributed by atoms with Gasteiger partial charge in [-0.05, 0) is 56.4 Å². The summed E-state index contributed by atoms with van der Waals surface area (Å²) >= 11 is 1.80. The summed E-state index contributed by atoms with van der Waals surface area (Å²) in [6, 6.07) is 4.65. The van der Waals surface area contributed by atoms with Gasteiger partial charge in [-0.3, -0.25) is 9.69 Å². The fourth-order valence-corrected chi connectivity index (χ4v) is 4.04. The maximum Gasteiger partial charge on any atom is 0.223 e. The summed E-state index contributed by atoms with van der Waals surface area (Å²) in [6.07, 6.45) is 2.56. The van der Waals surface area contributed by atoms with Gasteiger partial charge in [-0.1, -0.05) is 13.0 Å². The molecule has 0 aliphatic carbocycles. The highest BCUT2D eigenvalue weighted by Crippen LogP contribution is 2.28. The van der Waals surface area contributed by atoms with E-state index in [1.807, 2.05) is 0 Å². The predicted octanol–water partition coefficient (Wildman–Crippen LogP) is 2.70. The maximum absolute atomic E-state index is 12.3. The minimum absolute atomic E-state index is 0. The summed E-state index contributed by atoms with van der Waals surface area (Å²) < 4.78 is 0. The molecule has 23 heavy (non-hydrogen) atoms. The molecule has 0 spiro atoms. The molecule has 2 N–H and O–H groups in total. The number of amides is 1. The molecule has 4 nitrogen and oxygen atoms in total. The first-order valence-electron chi connectivity index (χ1n) is 8.01. The molecule has 0 radical (unpaired) electrons. The van der Waals surface area contributed by atoms with Crippen molar-refractivity contribution >= 4 is 42.1 Å². The van der Waals surface area contributed by atoms with Crippen molar-refractivity contribution in [3.05, 3.63) is 22.4 Å². The fraction of sp³-hybridized carbons (Fsp3) is 0.688. The summed E-state index contributed by atoms with van der Waals surface area (Å²) in [5.41, 5.74) is 0. The monoisotopic (exact) mass is 379 g/mol. The summed E-state index contributed by atoms with van der Waals surface area (Å²) in [4.78, 5) is 16.2. The van der Waals surface area contributed by atoms with E-state index >= 15 is 0 Å². The van der Waals surface area contributed by atoms with Crippen LogP contribution in [0.25, 0.3) is 0 Å². The fourth-order valence-electron chi connectivity index (χ4n) is 3.18. The Balaban J connectivity index is 0.00000132. The van der Waals surface area contributed by atoms with Crippen LogP contribution >= 0.6 is 36.2 Å². The lowest BCUT2D eigenvalue weighted by Gasteiger charge is -2.33. The second kappa shape index (κ2) is 9.84. The molecule has 7 heteroatoms. The summed E-state index contributed by atoms with van der Waals surface area (Å²) in [5.74, 6) is 0.841. The van der Waals surface area contributed by atoms with E-state index in [0.29, 0.717) is 12.0 Å². The SMILES string of the molecule is CC(C(=O)NCC(c1cccs1)N1CCCC1)C1CNC1.Cl.Cl. The topological polar surface area (TPSA) is 44.4 Å². The molecule has 132 valence electrons. The van der Waals surface area contributed by atoms with Crippen molar-refractivity contribution in [1.82, 2.24) is 15.5 Å². The largest absolute Gasteiger partial charge is 0.354 e. The highest BCUT2D eigenvalue weighted by atomic mass is 35.5. The van der Waals surface area contributed by atoms with Crippen LogP contribution in [0.1, 0.15) is 30.7 Å². The average Bonchev–Trinajstić information content (AvgIpc) is 3.09. The number of nitrogens with zero attached hydrogens (tertiary/aromatic N) is 1. The van der Waals surface area contributed by atoms with E-state index in [4.69, 9.17) is 0 Å². The molecule has 0 bridgehead atoms. The molecule has 2 saturated heterocycles. The third-order valence-electron chi connectivity index (χ3n) is 4.86. The lowest BCUT2D eigenvalue weighted by molar-refractivity contribution is -0.126. The van der Waals surface area contributed by atoms with E-state index in [2.05, 4.69) is 40.0 Å². The van der Waals surface area contributed by atoms with Gasteiger partial charge >= 0.3 is 0 Å². The number of likely N-dealkylation sites (tertiary alicyclic amines) is 1. The number of hydrogen-bond donors (Lipinski definition) is 2. The molecule has 1 aromatic heterocycles. The molecule has 0 aromatic carbocycles. The molecule has 2 fully saturated rings.